The Bertz CT molecular complexity index is 440. The lowest BCUT2D eigenvalue weighted by molar-refractivity contribution is 0.0595. The second kappa shape index (κ2) is 4.53. The monoisotopic (exact) mass is 237 g/mol. The lowest BCUT2D eigenvalue weighted by atomic mass is 10.1. The Morgan fingerprint density at radius 1 is 1.35 bits per heavy atom. The van der Waals surface area contributed by atoms with E-state index in [2.05, 4.69) is 0 Å². The van der Waals surface area contributed by atoms with Crippen LogP contribution in [0.5, 0.6) is 11.5 Å². The Hall–Kier alpha value is -1.91. The fraction of sp³-hybridized carbons (Fsp3) is 0.417. The number of nitrogen functional groups attached to an aromatic ring is 1. The van der Waals surface area contributed by atoms with Crippen LogP contribution in [0.2, 0.25) is 0 Å². The number of methoxy groups -OCH3 is 2. The van der Waals surface area contributed by atoms with Crippen LogP contribution < -0.4 is 15.2 Å². The average molecular weight is 237 g/mol. The van der Waals surface area contributed by atoms with Crippen LogP contribution in [-0.4, -0.2) is 26.3 Å². The van der Waals surface area contributed by atoms with E-state index < -0.39 is 5.97 Å². The lowest BCUT2D eigenvalue weighted by Crippen LogP contribution is -2.09. The maximum absolute atomic E-state index is 11.6. The SMILES string of the molecule is COC(=O)c1cc(N)cc(OC)c1OC1CC1. The topological polar surface area (TPSA) is 70.8 Å². The van der Waals surface area contributed by atoms with Gasteiger partial charge in [-0.15, -0.1) is 0 Å². The summed E-state index contributed by atoms with van der Waals surface area (Å²) in [7, 11) is 2.83. The molecule has 5 heteroatoms. The summed E-state index contributed by atoms with van der Waals surface area (Å²) in [6, 6.07) is 3.16. The Morgan fingerprint density at radius 2 is 2.06 bits per heavy atom. The molecule has 0 atom stereocenters. The zero-order valence-electron chi connectivity index (χ0n) is 9.86. The molecule has 1 aromatic rings. The maximum atomic E-state index is 11.6. The third-order valence-corrected chi connectivity index (χ3v) is 2.51. The van der Waals surface area contributed by atoms with E-state index >= 15 is 0 Å². The molecule has 1 fully saturated rings. The van der Waals surface area contributed by atoms with Gasteiger partial charge in [-0.25, -0.2) is 4.79 Å². The highest BCUT2D eigenvalue weighted by Crippen LogP contribution is 2.38. The molecule has 2 N–H and O–H groups in total. The fourth-order valence-electron chi connectivity index (χ4n) is 1.51. The molecule has 5 nitrogen and oxygen atoms in total. The van der Waals surface area contributed by atoms with Gasteiger partial charge in [-0.3, -0.25) is 0 Å². The molecule has 2 rings (SSSR count). The minimum absolute atomic E-state index is 0.163. The number of carbonyl (C=O) groups is 1. The van der Waals surface area contributed by atoms with Crippen LogP contribution in [0.4, 0.5) is 5.69 Å². The molecule has 0 radical (unpaired) electrons. The van der Waals surface area contributed by atoms with E-state index in [0.717, 1.165) is 12.8 Å². The van der Waals surface area contributed by atoms with Gasteiger partial charge in [0.25, 0.3) is 0 Å². The molecule has 92 valence electrons. The van der Waals surface area contributed by atoms with Crippen molar-refractivity contribution in [1.29, 1.82) is 0 Å². The number of rotatable bonds is 4. The summed E-state index contributed by atoms with van der Waals surface area (Å²) >= 11 is 0. The Morgan fingerprint density at radius 3 is 2.59 bits per heavy atom. The zero-order valence-corrected chi connectivity index (χ0v) is 9.86. The summed E-state index contributed by atoms with van der Waals surface area (Å²) in [4.78, 5) is 11.6. The molecular formula is C12H15NO4. The number of hydrogen-bond acceptors (Lipinski definition) is 5. The Labute approximate surface area is 99.5 Å². The summed E-state index contributed by atoms with van der Waals surface area (Å²) < 4.78 is 15.6. The highest BCUT2D eigenvalue weighted by Gasteiger charge is 2.28. The van der Waals surface area contributed by atoms with Crippen molar-refractivity contribution in [3.05, 3.63) is 17.7 Å². The first-order valence-corrected chi connectivity index (χ1v) is 5.38. The van der Waals surface area contributed by atoms with Gasteiger partial charge < -0.3 is 19.9 Å². The highest BCUT2D eigenvalue weighted by atomic mass is 16.5. The molecule has 0 aromatic heterocycles. The summed E-state index contributed by atoms with van der Waals surface area (Å²) in [6.45, 7) is 0. The van der Waals surface area contributed by atoms with E-state index in [-0.39, 0.29) is 6.10 Å². The van der Waals surface area contributed by atoms with Gasteiger partial charge in [0.05, 0.1) is 20.3 Å². The third kappa shape index (κ3) is 2.43. The van der Waals surface area contributed by atoms with Gasteiger partial charge in [0.2, 0.25) is 0 Å². The maximum Gasteiger partial charge on any atom is 0.341 e. The first kappa shape index (κ1) is 11.6. The molecule has 0 aliphatic heterocycles. The first-order chi connectivity index (χ1) is 8.15. The van der Waals surface area contributed by atoms with Crippen LogP contribution in [0.25, 0.3) is 0 Å². The number of carbonyl (C=O) groups excluding carboxylic acids is 1. The predicted octanol–water partition coefficient (Wildman–Crippen LogP) is 1.61. The molecular weight excluding hydrogens is 222 g/mol. The van der Waals surface area contributed by atoms with Crippen molar-refractivity contribution in [3.63, 3.8) is 0 Å². The van der Waals surface area contributed by atoms with Gasteiger partial charge in [-0.05, 0) is 18.9 Å². The predicted molar refractivity (Wildman–Crippen MR) is 62.4 cm³/mol. The van der Waals surface area contributed by atoms with Crippen molar-refractivity contribution >= 4 is 11.7 Å². The van der Waals surface area contributed by atoms with Crippen LogP contribution in [0.15, 0.2) is 12.1 Å². The number of anilines is 1. The van der Waals surface area contributed by atoms with E-state index in [1.54, 1.807) is 6.07 Å². The van der Waals surface area contributed by atoms with Gasteiger partial charge in [-0.1, -0.05) is 0 Å². The molecule has 0 heterocycles. The number of benzene rings is 1. The molecule has 0 bridgehead atoms. The van der Waals surface area contributed by atoms with Gasteiger partial charge in [0, 0.05) is 11.8 Å². The Kier molecular flexibility index (Phi) is 3.08. The van der Waals surface area contributed by atoms with Crippen LogP contribution in [0.1, 0.15) is 23.2 Å². The fourth-order valence-corrected chi connectivity index (χ4v) is 1.51. The molecule has 17 heavy (non-hydrogen) atoms. The van der Waals surface area contributed by atoms with Crippen molar-refractivity contribution in [2.45, 2.75) is 18.9 Å². The molecule has 1 aromatic carbocycles. The molecule has 1 saturated carbocycles. The van der Waals surface area contributed by atoms with Gasteiger partial charge >= 0.3 is 5.97 Å². The lowest BCUT2D eigenvalue weighted by Gasteiger charge is -2.14. The summed E-state index contributed by atoms with van der Waals surface area (Å²) in [5, 5.41) is 0. The van der Waals surface area contributed by atoms with Gasteiger partial charge in [0.1, 0.15) is 5.56 Å². The molecule has 0 spiro atoms. The second-order valence-electron chi connectivity index (χ2n) is 3.91. The minimum atomic E-state index is -0.480. The molecule has 0 saturated heterocycles. The molecule has 0 unspecified atom stereocenters. The van der Waals surface area contributed by atoms with Crippen molar-refractivity contribution < 1.29 is 19.0 Å². The van der Waals surface area contributed by atoms with E-state index in [1.807, 2.05) is 0 Å². The van der Waals surface area contributed by atoms with Crippen molar-refractivity contribution in [1.82, 2.24) is 0 Å². The normalized spacial score (nSPS) is 14.2. The van der Waals surface area contributed by atoms with Gasteiger partial charge in [0.15, 0.2) is 11.5 Å². The average Bonchev–Trinajstić information content (AvgIpc) is 3.13. The zero-order chi connectivity index (χ0) is 12.4. The van der Waals surface area contributed by atoms with Crippen molar-refractivity contribution in [2.24, 2.45) is 0 Å². The number of nitrogens with two attached hydrogens (primary N) is 1. The van der Waals surface area contributed by atoms with E-state index in [1.165, 1.54) is 20.3 Å². The number of hydrogen-bond donors (Lipinski definition) is 1. The third-order valence-electron chi connectivity index (χ3n) is 2.51. The number of esters is 1. The second-order valence-corrected chi connectivity index (χ2v) is 3.91. The molecule has 1 aliphatic rings. The molecule has 1 aliphatic carbocycles. The highest BCUT2D eigenvalue weighted by molar-refractivity contribution is 5.94. The molecule has 0 amide bonds. The van der Waals surface area contributed by atoms with Crippen LogP contribution in [0, 0.1) is 0 Å². The van der Waals surface area contributed by atoms with E-state index in [9.17, 15) is 4.79 Å². The van der Waals surface area contributed by atoms with Gasteiger partial charge in [-0.2, -0.15) is 0 Å². The standard InChI is InChI=1S/C12H15NO4/c1-15-10-6-7(13)5-9(12(14)16-2)11(10)17-8-3-4-8/h5-6,8H,3-4,13H2,1-2H3. The van der Waals surface area contributed by atoms with Crippen molar-refractivity contribution in [2.75, 3.05) is 20.0 Å². The van der Waals surface area contributed by atoms with Crippen LogP contribution in [0.3, 0.4) is 0 Å². The summed E-state index contributed by atoms with van der Waals surface area (Å²) in [5.41, 5.74) is 6.44. The summed E-state index contributed by atoms with van der Waals surface area (Å²) in [5.74, 6) is 0.389. The van der Waals surface area contributed by atoms with Crippen molar-refractivity contribution in [3.8, 4) is 11.5 Å². The largest absolute Gasteiger partial charge is 0.493 e. The quantitative estimate of drug-likeness (QED) is 0.636. The minimum Gasteiger partial charge on any atom is -0.493 e. The van der Waals surface area contributed by atoms with E-state index in [4.69, 9.17) is 19.9 Å². The van der Waals surface area contributed by atoms with Crippen LogP contribution in [-0.2, 0) is 4.74 Å². The van der Waals surface area contributed by atoms with Crippen LogP contribution >= 0.6 is 0 Å². The Balaban J connectivity index is 2.44. The smallest absolute Gasteiger partial charge is 0.341 e. The van der Waals surface area contributed by atoms with E-state index in [0.29, 0.717) is 22.7 Å². The number of ether oxygens (including phenoxy) is 3. The summed E-state index contributed by atoms with van der Waals surface area (Å²) in [6.07, 6.45) is 2.15. The first-order valence-electron chi connectivity index (χ1n) is 5.38.